The molecule has 0 atom stereocenters. The molecule has 0 amide bonds. The van der Waals surface area contributed by atoms with Crippen LogP contribution in [0.5, 0.6) is 0 Å². The van der Waals surface area contributed by atoms with Crippen molar-refractivity contribution in [2.75, 3.05) is 23.4 Å². The average molecular weight is 253 g/mol. The van der Waals surface area contributed by atoms with Crippen LogP contribution in [0.4, 0.5) is 5.69 Å². The fraction of sp³-hybridized carbons (Fsp3) is 0.538. The van der Waals surface area contributed by atoms with Gasteiger partial charge in [0.25, 0.3) is 0 Å². The van der Waals surface area contributed by atoms with Crippen LogP contribution in [0.2, 0.25) is 0 Å². The maximum Gasteiger partial charge on any atom is 0.151 e. The van der Waals surface area contributed by atoms with Crippen molar-refractivity contribution in [1.29, 1.82) is 0 Å². The molecule has 0 aliphatic heterocycles. The highest BCUT2D eigenvalue weighted by Crippen LogP contribution is 2.24. The van der Waals surface area contributed by atoms with Crippen LogP contribution in [0.25, 0.3) is 0 Å². The van der Waals surface area contributed by atoms with Crippen LogP contribution in [0, 0.1) is 0 Å². The van der Waals surface area contributed by atoms with E-state index in [1.54, 1.807) is 6.92 Å². The summed E-state index contributed by atoms with van der Waals surface area (Å²) in [5.41, 5.74) is 3.89. The molecular weight excluding hydrogens is 234 g/mol. The quantitative estimate of drug-likeness (QED) is 0.873. The summed E-state index contributed by atoms with van der Waals surface area (Å²) >= 11 is 0. The summed E-state index contributed by atoms with van der Waals surface area (Å²) in [4.78, 5) is 0. The van der Waals surface area contributed by atoms with E-state index in [2.05, 4.69) is 17.4 Å². The van der Waals surface area contributed by atoms with E-state index < -0.39 is 9.84 Å². The third kappa shape index (κ3) is 3.22. The Balaban J connectivity index is 1.92. The highest BCUT2D eigenvalue weighted by molar-refractivity contribution is 7.91. The van der Waals surface area contributed by atoms with Gasteiger partial charge in [0.1, 0.15) is 0 Å². The Kier molecular flexibility index (Phi) is 3.72. The van der Waals surface area contributed by atoms with Gasteiger partial charge in [-0.2, -0.15) is 0 Å². The number of sulfone groups is 1. The monoisotopic (exact) mass is 253 g/mol. The van der Waals surface area contributed by atoms with Crippen molar-refractivity contribution in [3.05, 3.63) is 29.3 Å². The van der Waals surface area contributed by atoms with E-state index in [4.69, 9.17) is 0 Å². The summed E-state index contributed by atoms with van der Waals surface area (Å²) < 4.78 is 22.7. The van der Waals surface area contributed by atoms with Gasteiger partial charge in [0.05, 0.1) is 5.75 Å². The zero-order chi connectivity index (χ0) is 12.3. The van der Waals surface area contributed by atoms with E-state index in [1.165, 1.54) is 24.0 Å². The van der Waals surface area contributed by atoms with Gasteiger partial charge in [0.15, 0.2) is 9.84 Å². The number of anilines is 1. The lowest BCUT2D eigenvalue weighted by atomic mass is 10.1. The van der Waals surface area contributed by atoms with Crippen molar-refractivity contribution in [3.8, 4) is 0 Å². The first-order valence-electron chi connectivity index (χ1n) is 6.17. The number of aryl methyl sites for hydroxylation is 2. The topological polar surface area (TPSA) is 46.2 Å². The van der Waals surface area contributed by atoms with Crippen molar-refractivity contribution >= 4 is 15.5 Å². The molecule has 4 heteroatoms. The molecule has 0 bridgehead atoms. The lowest BCUT2D eigenvalue weighted by Crippen LogP contribution is -2.17. The van der Waals surface area contributed by atoms with Gasteiger partial charge in [-0.25, -0.2) is 8.42 Å². The first-order valence-corrected chi connectivity index (χ1v) is 7.99. The molecular formula is C13H19NO2S. The maximum absolute atomic E-state index is 11.3. The Labute approximate surface area is 103 Å². The Bertz CT molecular complexity index is 494. The lowest BCUT2D eigenvalue weighted by Gasteiger charge is -2.08. The predicted molar refractivity (Wildman–Crippen MR) is 71.3 cm³/mol. The summed E-state index contributed by atoms with van der Waals surface area (Å²) in [6, 6.07) is 6.35. The fourth-order valence-electron chi connectivity index (χ4n) is 2.18. The van der Waals surface area contributed by atoms with Gasteiger partial charge < -0.3 is 5.32 Å². The van der Waals surface area contributed by atoms with Crippen LogP contribution in [-0.4, -0.2) is 26.5 Å². The van der Waals surface area contributed by atoms with Crippen LogP contribution in [0.15, 0.2) is 18.2 Å². The van der Waals surface area contributed by atoms with Crippen molar-refractivity contribution < 1.29 is 8.42 Å². The predicted octanol–water partition coefficient (Wildman–Crippen LogP) is 2.02. The zero-order valence-corrected chi connectivity index (χ0v) is 11.0. The Morgan fingerprint density at radius 3 is 2.76 bits per heavy atom. The molecule has 17 heavy (non-hydrogen) atoms. The van der Waals surface area contributed by atoms with Crippen LogP contribution in [-0.2, 0) is 22.7 Å². The second kappa shape index (κ2) is 5.08. The molecule has 0 heterocycles. The molecule has 0 saturated carbocycles. The van der Waals surface area contributed by atoms with E-state index in [-0.39, 0.29) is 11.5 Å². The molecule has 1 aromatic carbocycles. The van der Waals surface area contributed by atoms with Crippen molar-refractivity contribution in [3.63, 3.8) is 0 Å². The van der Waals surface area contributed by atoms with Crippen molar-refractivity contribution in [2.24, 2.45) is 0 Å². The van der Waals surface area contributed by atoms with Gasteiger partial charge in [0, 0.05) is 18.0 Å². The Hall–Kier alpha value is -1.03. The summed E-state index contributed by atoms with van der Waals surface area (Å²) in [5.74, 6) is 0.430. The molecule has 2 rings (SSSR count). The van der Waals surface area contributed by atoms with E-state index in [0.29, 0.717) is 6.54 Å². The highest BCUT2D eigenvalue weighted by atomic mass is 32.2. The number of rotatable bonds is 5. The average Bonchev–Trinajstić information content (AvgIpc) is 2.76. The molecule has 0 spiro atoms. The third-order valence-electron chi connectivity index (χ3n) is 3.28. The minimum Gasteiger partial charge on any atom is -0.384 e. The van der Waals surface area contributed by atoms with Crippen molar-refractivity contribution in [2.45, 2.75) is 26.2 Å². The first kappa shape index (κ1) is 12.4. The summed E-state index contributed by atoms with van der Waals surface area (Å²) in [7, 11) is -2.86. The van der Waals surface area contributed by atoms with Gasteiger partial charge in [-0.15, -0.1) is 0 Å². The SMILES string of the molecule is CCS(=O)(=O)CCNc1ccc2c(c1)CCC2. The summed E-state index contributed by atoms with van der Waals surface area (Å²) in [6.45, 7) is 2.18. The number of nitrogens with one attached hydrogen (secondary N) is 1. The van der Waals surface area contributed by atoms with Crippen LogP contribution < -0.4 is 5.32 Å². The van der Waals surface area contributed by atoms with Crippen LogP contribution in [0.1, 0.15) is 24.5 Å². The lowest BCUT2D eigenvalue weighted by molar-refractivity contribution is 0.597. The Morgan fingerprint density at radius 2 is 2.00 bits per heavy atom. The normalized spacial score (nSPS) is 14.6. The summed E-state index contributed by atoms with van der Waals surface area (Å²) in [5, 5.41) is 3.19. The largest absolute Gasteiger partial charge is 0.384 e. The molecule has 1 N–H and O–H groups in total. The minimum atomic E-state index is -2.86. The van der Waals surface area contributed by atoms with Crippen LogP contribution >= 0.6 is 0 Å². The van der Waals surface area contributed by atoms with E-state index in [1.807, 2.05) is 6.07 Å². The molecule has 1 aromatic rings. The highest BCUT2D eigenvalue weighted by Gasteiger charge is 2.11. The van der Waals surface area contributed by atoms with E-state index >= 15 is 0 Å². The minimum absolute atomic E-state index is 0.209. The number of fused-ring (bicyclic) bond motifs is 1. The first-order chi connectivity index (χ1) is 8.11. The molecule has 0 aromatic heterocycles. The van der Waals surface area contributed by atoms with Gasteiger partial charge in [0.2, 0.25) is 0 Å². The van der Waals surface area contributed by atoms with E-state index in [9.17, 15) is 8.42 Å². The van der Waals surface area contributed by atoms with Gasteiger partial charge in [-0.3, -0.25) is 0 Å². The Morgan fingerprint density at radius 1 is 1.24 bits per heavy atom. The molecule has 0 radical (unpaired) electrons. The molecule has 1 aliphatic carbocycles. The fourth-order valence-corrected chi connectivity index (χ4v) is 2.88. The van der Waals surface area contributed by atoms with Gasteiger partial charge in [-0.1, -0.05) is 13.0 Å². The second-order valence-corrected chi connectivity index (χ2v) is 6.97. The van der Waals surface area contributed by atoms with Crippen molar-refractivity contribution in [1.82, 2.24) is 0 Å². The molecule has 94 valence electrons. The molecule has 0 unspecified atom stereocenters. The second-order valence-electron chi connectivity index (χ2n) is 4.50. The number of hydrogen-bond acceptors (Lipinski definition) is 3. The molecule has 0 fully saturated rings. The molecule has 1 aliphatic rings. The number of hydrogen-bond donors (Lipinski definition) is 1. The summed E-state index contributed by atoms with van der Waals surface area (Å²) in [6.07, 6.45) is 3.57. The van der Waals surface area contributed by atoms with E-state index in [0.717, 1.165) is 12.1 Å². The van der Waals surface area contributed by atoms with Crippen LogP contribution in [0.3, 0.4) is 0 Å². The maximum atomic E-state index is 11.3. The number of benzene rings is 1. The van der Waals surface area contributed by atoms with Gasteiger partial charge in [-0.05, 0) is 42.5 Å². The molecule has 3 nitrogen and oxygen atoms in total. The standard InChI is InChI=1S/C13H19NO2S/c1-2-17(15,16)9-8-14-13-7-6-11-4-3-5-12(11)10-13/h6-7,10,14H,2-5,8-9H2,1H3. The third-order valence-corrected chi connectivity index (χ3v) is 4.99. The molecule has 0 saturated heterocycles. The van der Waals surface area contributed by atoms with Gasteiger partial charge >= 0.3 is 0 Å². The zero-order valence-electron chi connectivity index (χ0n) is 10.2. The smallest absolute Gasteiger partial charge is 0.151 e.